The zero-order chi connectivity index (χ0) is 19.7. The number of ether oxygens (including phenoxy) is 1. The van der Waals surface area contributed by atoms with Crippen LogP contribution < -0.4 is 15.1 Å². The van der Waals surface area contributed by atoms with Crippen molar-refractivity contribution < 1.29 is 18.7 Å². The minimum Gasteiger partial charge on any atom is -0.442 e. The van der Waals surface area contributed by atoms with E-state index in [1.165, 1.54) is 17.9 Å². The van der Waals surface area contributed by atoms with Crippen LogP contribution in [0.2, 0.25) is 0 Å². The average molecular weight is 388 g/mol. The van der Waals surface area contributed by atoms with E-state index in [2.05, 4.69) is 15.5 Å². The van der Waals surface area contributed by atoms with E-state index in [9.17, 15) is 14.0 Å². The van der Waals surface area contributed by atoms with E-state index in [4.69, 9.17) is 4.74 Å². The molecule has 2 aliphatic heterocycles. The Hall–Kier alpha value is -3.17. The molecule has 0 spiro atoms. The highest BCUT2D eigenvalue weighted by Crippen LogP contribution is 2.31. The first-order chi connectivity index (χ1) is 13.5. The molecule has 4 rings (SSSR count). The maximum Gasteiger partial charge on any atom is 0.414 e. The van der Waals surface area contributed by atoms with Gasteiger partial charge < -0.3 is 15.0 Å². The van der Waals surface area contributed by atoms with E-state index in [0.29, 0.717) is 24.5 Å². The van der Waals surface area contributed by atoms with Gasteiger partial charge in [0.25, 0.3) is 0 Å². The van der Waals surface area contributed by atoms with Crippen LogP contribution >= 0.6 is 0 Å². The third kappa shape index (κ3) is 3.62. The molecule has 2 atom stereocenters. The number of hydrogen-bond acceptors (Lipinski definition) is 6. The largest absolute Gasteiger partial charge is 0.442 e. The van der Waals surface area contributed by atoms with Crippen molar-refractivity contribution in [3.05, 3.63) is 36.4 Å². The highest BCUT2D eigenvalue weighted by molar-refractivity contribution is 5.90. The van der Waals surface area contributed by atoms with Crippen LogP contribution in [0.3, 0.4) is 0 Å². The molecular formula is C18H21FN6O3. The Balaban J connectivity index is 1.43. The predicted octanol–water partition coefficient (Wildman–Crippen LogP) is 1.33. The number of anilines is 2. The molecule has 0 aliphatic carbocycles. The van der Waals surface area contributed by atoms with Gasteiger partial charge in [-0.15, -0.1) is 0 Å². The molecule has 1 N–H and O–H groups in total. The van der Waals surface area contributed by atoms with Gasteiger partial charge in [-0.05, 0) is 24.6 Å². The fraction of sp³-hybridized carbons (Fsp3) is 0.444. The topological polar surface area (TPSA) is 92.6 Å². The zero-order valence-corrected chi connectivity index (χ0v) is 15.4. The summed E-state index contributed by atoms with van der Waals surface area (Å²) >= 11 is 0. The van der Waals surface area contributed by atoms with Crippen LogP contribution in [-0.4, -0.2) is 59.3 Å². The molecule has 2 fully saturated rings. The van der Waals surface area contributed by atoms with Crippen molar-refractivity contribution >= 4 is 23.4 Å². The molecule has 0 radical (unpaired) electrons. The molecule has 2 amide bonds. The number of halogens is 1. The first kappa shape index (κ1) is 18.2. The molecule has 9 nitrogen and oxygen atoms in total. The van der Waals surface area contributed by atoms with E-state index in [0.717, 1.165) is 6.42 Å². The van der Waals surface area contributed by atoms with Crippen LogP contribution in [0.1, 0.15) is 19.4 Å². The van der Waals surface area contributed by atoms with Crippen molar-refractivity contribution in [1.29, 1.82) is 0 Å². The number of amides is 2. The zero-order valence-electron chi connectivity index (χ0n) is 15.4. The SMILES string of the molecule is CC(=O)NC[C@H]1CN(c2ccc(N3CC[C@@H](n4nccn4)C3)c(F)c2)C(=O)O1. The van der Waals surface area contributed by atoms with Crippen LogP contribution in [0.4, 0.5) is 20.6 Å². The first-order valence-corrected chi connectivity index (χ1v) is 9.14. The standard InChI is InChI=1S/C18H21FN6O3/c1-12(26)20-9-15-11-24(18(27)28-15)13-2-3-17(16(19)8-13)23-7-4-14(10-23)25-21-5-6-22-25/h2-3,5-6,8,14-15H,4,7,9-11H2,1H3,(H,20,26)/t14-,15+/m1/s1. The van der Waals surface area contributed by atoms with Crippen LogP contribution in [0.25, 0.3) is 0 Å². The summed E-state index contributed by atoms with van der Waals surface area (Å²) in [5.74, 6) is -0.594. The number of carbonyl (C=O) groups is 2. The van der Waals surface area contributed by atoms with Gasteiger partial charge in [0.15, 0.2) is 0 Å². The molecule has 28 heavy (non-hydrogen) atoms. The fourth-order valence-corrected chi connectivity index (χ4v) is 3.58. The maximum absolute atomic E-state index is 14.8. The molecule has 3 heterocycles. The first-order valence-electron chi connectivity index (χ1n) is 9.14. The summed E-state index contributed by atoms with van der Waals surface area (Å²) in [6.45, 7) is 3.21. The van der Waals surface area contributed by atoms with Gasteiger partial charge in [-0.3, -0.25) is 9.69 Å². The van der Waals surface area contributed by atoms with E-state index in [1.807, 2.05) is 4.90 Å². The molecule has 1 aromatic carbocycles. The van der Waals surface area contributed by atoms with Gasteiger partial charge in [-0.1, -0.05) is 0 Å². The van der Waals surface area contributed by atoms with E-state index in [-0.39, 0.29) is 25.0 Å². The number of carbonyl (C=O) groups excluding carboxylic acids is 2. The molecule has 148 valence electrons. The lowest BCUT2D eigenvalue weighted by Gasteiger charge is -2.21. The lowest BCUT2D eigenvalue weighted by atomic mass is 10.2. The minimum atomic E-state index is -0.548. The Morgan fingerprint density at radius 3 is 2.82 bits per heavy atom. The second-order valence-corrected chi connectivity index (χ2v) is 6.93. The molecule has 0 saturated carbocycles. The lowest BCUT2D eigenvalue weighted by molar-refractivity contribution is -0.119. The van der Waals surface area contributed by atoms with Gasteiger partial charge in [-0.2, -0.15) is 15.0 Å². The number of cyclic esters (lactones) is 1. The molecule has 1 aromatic heterocycles. The van der Waals surface area contributed by atoms with Crippen molar-refractivity contribution in [3.63, 3.8) is 0 Å². The van der Waals surface area contributed by atoms with Gasteiger partial charge in [0.2, 0.25) is 5.91 Å². The Morgan fingerprint density at radius 2 is 2.11 bits per heavy atom. The van der Waals surface area contributed by atoms with Gasteiger partial charge in [0, 0.05) is 20.0 Å². The normalized spacial score (nSPS) is 21.9. The monoisotopic (exact) mass is 388 g/mol. The minimum absolute atomic E-state index is 0.108. The summed E-state index contributed by atoms with van der Waals surface area (Å²) < 4.78 is 20.0. The fourth-order valence-electron chi connectivity index (χ4n) is 3.58. The number of nitrogens with one attached hydrogen (secondary N) is 1. The molecule has 2 aromatic rings. The number of hydrogen-bond donors (Lipinski definition) is 1. The van der Waals surface area contributed by atoms with Gasteiger partial charge in [0.05, 0.1) is 42.9 Å². The molecular weight excluding hydrogens is 367 g/mol. The molecule has 0 bridgehead atoms. The Kier molecular flexibility index (Phi) is 4.84. The summed E-state index contributed by atoms with van der Waals surface area (Å²) in [5.41, 5.74) is 0.918. The van der Waals surface area contributed by atoms with Crippen molar-refractivity contribution in [2.45, 2.75) is 25.5 Å². The molecule has 2 aliphatic rings. The number of rotatable bonds is 5. The van der Waals surface area contributed by atoms with E-state index < -0.39 is 18.0 Å². The lowest BCUT2D eigenvalue weighted by Crippen LogP contribution is -2.33. The Labute approximate surface area is 161 Å². The van der Waals surface area contributed by atoms with Crippen LogP contribution in [0.5, 0.6) is 0 Å². The summed E-state index contributed by atoms with van der Waals surface area (Å²) in [6, 6.07) is 4.84. The van der Waals surface area contributed by atoms with E-state index >= 15 is 0 Å². The third-order valence-corrected chi connectivity index (χ3v) is 4.96. The summed E-state index contributed by atoms with van der Waals surface area (Å²) in [6.07, 6.45) is 3.09. The van der Waals surface area contributed by atoms with Gasteiger partial charge >= 0.3 is 6.09 Å². The quantitative estimate of drug-likeness (QED) is 0.831. The summed E-state index contributed by atoms with van der Waals surface area (Å²) in [5, 5.41) is 10.9. The van der Waals surface area contributed by atoms with Crippen molar-refractivity contribution in [2.75, 3.05) is 36.0 Å². The second kappa shape index (κ2) is 7.45. The molecule has 10 heteroatoms. The van der Waals surface area contributed by atoms with Crippen molar-refractivity contribution in [1.82, 2.24) is 20.3 Å². The van der Waals surface area contributed by atoms with Crippen molar-refractivity contribution in [2.24, 2.45) is 0 Å². The smallest absolute Gasteiger partial charge is 0.414 e. The second-order valence-electron chi connectivity index (χ2n) is 6.93. The predicted molar refractivity (Wildman–Crippen MR) is 98.6 cm³/mol. The summed E-state index contributed by atoms with van der Waals surface area (Å²) in [4.78, 5) is 28.1. The maximum atomic E-state index is 14.8. The van der Waals surface area contributed by atoms with Crippen LogP contribution in [0, 0.1) is 5.82 Å². The Bertz CT molecular complexity index is 874. The molecule has 0 unspecified atom stereocenters. The highest BCUT2D eigenvalue weighted by atomic mass is 19.1. The van der Waals surface area contributed by atoms with Gasteiger partial charge in [-0.25, -0.2) is 9.18 Å². The van der Waals surface area contributed by atoms with Gasteiger partial charge in [0.1, 0.15) is 11.9 Å². The number of aromatic nitrogens is 3. The Morgan fingerprint density at radius 1 is 1.32 bits per heavy atom. The van der Waals surface area contributed by atoms with Crippen LogP contribution in [0.15, 0.2) is 30.6 Å². The van der Waals surface area contributed by atoms with Crippen molar-refractivity contribution in [3.8, 4) is 0 Å². The van der Waals surface area contributed by atoms with E-state index in [1.54, 1.807) is 29.3 Å². The number of nitrogens with zero attached hydrogens (tertiary/aromatic N) is 5. The molecule has 2 saturated heterocycles. The highest BCUT2D eigenvalue weighted by Gasteiger charge is 2.33. The average Bonchev–Trinajstić information content (AvgIpc) is 3.40. The third-order valence-electron chi connectivity index (χ3n) is 4.96. The van der Waals surface area contributed by atoms with Crippen LogP contribution in [-0.2, 0) is 9.53 Å². The number of benzene rings is 1. The summed E-state index contributed by atoms with van der Waals surface area (Å²) in [7, 11) is 0.